The molecule has 1 aliphatic heterocycles. The van der Waals surface area contributed by atoms with Crippen LogP contribution < -0.4 is 11.1 Å². The zero-order valence-electron chi connectivity index (χ0n) is 15.0. The van der Waals surface area contributed by atoms with Gasteiger partial charge in [-0.05, 0) is 46.3 Å². The highest BCUT2D eigenvalue weighted by molar-refractivity contribution is 6.56. The molecule has 138 valence electrons. The Morgan fingerprint density at radius 3 is 2.32 bits per heavy atom. The van der Waals surface area contributed by atoms with Crippen molar-refractivity contribution in [1.82, 2.24) is 10.3 Å². The largest absolute Gasteiger partial charge is 0.491 e. The summed E-state index contributed by atoms with van der Waals surface area (Å²) in [7, 11) is 1.04. The monoisotopic (exact) mass is 357 g/mol. The van der Waals surface area contributed by atoms with Gasteiger partial charge in [0.1, 0.15) is 5.82 Å². The van der Waals surface area contributed by atoms with E-state index in [1.807, 2.05) is 27.7 Å². The molecule has 0 spiro atoms. The smallest absolute Gasteiger partial charge is 0.400 e. The summed E-state index contributed by atoms with van der Waals surface area (Å²) in [5, 5.41) is 2.97. The number of nitrogens with zero attached hydrogens (tertiary/aromatic N) is 1. The molecule has 1 aromatic rings. The lowest BCUT2D eigenvalue weighted by molar-refractivity contribution is -0.137. The van der Waals surface area contributed by atoms with E-state index in [9.17, 15) is 13.2 Å². The second kappa shape index (κ2) is 6.62. The van der Waals surface area contributed by atoms with Crippen LogP contribution in [0.1, 0.15) is 38.8 Å². The molecule has 0 amide bonds. The minimum Gasteiger partial charge on any atom is -0.400 e. The zero-order chi connectivity index (χ0) is 19.0. The fourth-order valence-electron chi connectivity index (χ4n) is 2.36. The van der Waals surface area contributed by atoms with Gasteiger partial charge in [-0.25, -0.2) is 4.98 Å². The maximum Gasteiger partial charge on any atom is 0.491 e. The number of rotatable bonds is 4. The van der Waals surface area contributed by atoms with Gasteiger partial charge in [-0.1, -0.05) is 6.08 Å². The topological polar surface area (TPSA) is 69.4 Å². The molecule has 0 saturated carbocycles. The van der Waals surface area contributed by atoms with Crippen molar-refractivity contribution in [2.24, 2.45) is 0 Å². The molecule has 0 radical (unpaired) electrons. The molecular formula is C16H23BF3N3O2. The first-order chi connectivity index (χ1) is 11.4. The minimum absolute atomic E-state index is 0.0121. The van der Waals surface area contributed by atoms with Gasteiger partial charge in [0.2, 0.25) is 0 Å². The van der Waals surface area contributed by atoms with Crippen LogP contribution in [0.5, 0.6) is 0 Å². The molecule has 2 heterocycles. The van der Waals surface area contributed by atoms with Gasteiger partial charge in [0.05, 0.1) is 16.8 Å². The number of anilines is 1. The molecule has 0 aromatic carbocycles. The molecular weight excluding hydrogens is 334 g/mol. The van der Waals surface area contributed by atoms with Crippen molar-refractivity contribution >= 4 is 19.0 Å². The van der Waals surface area contributed by atoms with Crippen LogP contribution >= 0.6 is 0 Å². The van der Waals surface area contributed by atoms with Crippen LogP contribution in [0.25, 0.3) is 6.08 Å². The van der Waals surface area contributed by atoms with Crippen molar-refractivity contribution in [3.05, 3.63) is 28.9 Å². The Morgan fingerprint density at radius 2 is 1.84 bits per heavy atom. The van der Waals surface area contributed by atoms with Gasteiger partial charge in [-0.3, -0.25) is 0 Å². The Labute approximate surface area is 145 Å². The lowest BCUT2D eigenvalue weighted by atomic mass is 9.77. The summed E-state index contributed by atoms with van der Waals surface area (Å²) >= 11 is 0. The number of hydrogen-bond donors (Lipinski definition) is 2. The van der Waals surface area contributed by atoms with Gasteiger partial charge in [-0.2, -0.15) is 13.2 Å². The number of nitrogen functional groups attached to an aromatic ring is 1. The molecule has 1 aliphatic rings. The van der Waals surface area contributed by atoms with Gasteiger partial charge in [0.15, 0.2) is 0 Å². The summed E-state index contributed by atoms with van der Waals surface area (Å²) < 4.78 is 50.7. The summed E-state index contributed by atoms with van der Waals surface area (Å²) in [5.74, 6) is 0.0121. The molecule has 0 aliphatic carbocycles. The normalized spacial score (nSPS) is 20.2. The first-order valence-electron chi connectivity index (χ1n) is 7.91. The number of nitrogens with two attached hydrogens (primary N) is 1. The Hall–Kier alpha value is -1.58. The van der Waals surface area contributed by atoms with Crippen LogP contribution in [0, 0.1) is 0 Å². The minimum atomic E-state index is -4.49. The van der Waals surface area contributed by atoms with E-state index in [1.165, 1.54) is 6.08 Å². The Kier molecular flexibility index (Phi) is 5.23. The lowest BCUT2D eigenvalue weighted by Gasteiger charge is -2.32. The summed E-state index contributed by atoms with van der Waals surface area (Å²) in [6, 6.07) is 0.975. The molecule has 9 heteroatoms. The maximum atomic E-state index is 12.9. The van der Waals surface area contributed by atoms with E-state index in [0.29, 0.717) is 12.0 Å². The number of pyridine rings is 1. The lowest BCUT2D eigenvalue weighted by Crippen LogP contribution is -2.41. The summed E-state index contributed by atoms with van der Waals surface area (Å²) in [4.78, 5) is 3.65. The number of halogens is 3. The molecule has 0 atom stereocenters. The molecule has 1 aromatic heterocycles. The van der Waals surface area contributed by atoms with E-state index in [1.54, 1.807) is 7.05 Å². The maximum absolute atomic E-state index is 12.9. The molecule has 2 rings (SSSR count). The Bertz CT molecular complexity index is 659. The summed E-state index contributed by atoms with van der Waals surface area (Å²) in [6.45, 7) is 8.00. The second-order valence-electron chi connectivity index (χ2n) is 7.03. The third kappa shape index (κ3) is 4.16. The van der Waals surface area contributed by atoms with E-state index in [-0.39, 0.29) is 11.4 Å². The molecule has 0 unspecified atom stereocenters. The summed E-state index contributed by atoms with van der Waals surface area (Å²) in [5.41, 5.74) is 4.60. The molecule has 1 saturated heterocycles. The zero-order valence-corrected chi connectivity index (χ0v) is 15.0. The fourth-order valence-corrected chi connectivity index (χ4v) is 2.36. The number of aromatic nitrogens is 1. The fraction of sp³-hybridized carbons (Fsp3) is 0.562. The average Bonchev–Trinajstić information content (AvgIpc) is 2.68. The predicted molar refractivity (Wildman–Crippen MR) is 91.6 cm³/mol. The second-order valence-corrected chi connectivity index (χ2v) is 7.03. The van der Waals surface area contributed by atoms with Crippen molar-refractivity contribution < 1.29 is 22.5 Å². The first-order valence-corrected chi connectivity index (χ1v) is 7.91. The van der Waals surface area contributed by atoms with E-state index >= 15 is 0 Å². The highest BCUT2D eigenvalue weighted by Crippen LogP contribution is 2.39. The van der Waals surface area contributed by atoms with Crippen molar-refractivity contribution in [2.75, 3.05) is 19.3 Å². The van der Waals surface area contributed by atoms with E-state index in [0.717, 1.165) is 12.3 Å². The van der Waals surface area contributed by atoms with Crippen molar-refractivity contribution in [1.29, 1.82) is 0 Å². The van der Waals surface area contributed by atoms with Crippen molar-refractivity contribution in [3.8, 4) is 0 Å². The van der Waals surface area contributed by atoms with Gasteiger partial charge < -0.3 is 20.4 Å². The van der Waals surface area contributed by atoms with Gasteiger partial charge in [0.25, 0.3) is 0 Å². The van der Waals surface area contributed by atoms with Crippen LogP contribution in [0.4, 0.5) is 19.0 Å². The Balaban J connectivity index is 2.42. The van der Waals surface area contributed by atoms with Gasteiger partial charge in [0, 0.05) is 18.3 Å². The molecule has 3 N–H and O–H groups in total. The quantitative estimate of drug-likeness (QED) is 0.811. The average molecular weight is 357 g/mol. The van der Waals surface area contributed by atoms with E-state index in [2.05, 4.69) is 10.3 Å². The van der Waals surface area contributed by atoms with Gasteiger partial charge in [-0.15, -0.1) is 0 Å². The number of alkyl halides is 3. The van der Waals surface area contributed by atoms with Gasteiger partial charge >= 0.3 is 13.3 Å². The third-order valence-corrected chi connectivity index (χ3v) is 4.55. The molecule has 25 heavy (non-hydrogen) atoms. The van der Waals surface area contributed by atoms with Crippen LogP contribution in [0.2, 0.25) is 0 Å². The molecule has 5 nitrogen and oxygen atoms in total. The van der Waals surface area contributed by atoms with Crippen LogP contribution in [0.15, 0.2) is 17.7 Å². The van der Waals surface area contributed by atoms with E-state index < -0.39 is 30.1 Å². The van der Waals surface area contributed by atoms with Crippen molar-refractivity contribution in [3.63, 3.8) is 0 Å². The third-order valence-electron chi connectivity index (χ3n) is 4.55. The highest BCUT2D eigenvalue weighted by atomic mass is 19.4. The standard InChI is InChI=1S/C16H23BF3N3O2/c1-14(2)15(3,4)25-17(24-14)12(9-22-5)7-10-6-11(16(18,19)20)8-23-13(10)21/h6-8,22H,9H2,1-5H3,(H2,21,23). The van der Waals surface area contributed by atoms with Crippen LogP contribution in [-0.2, 0) is 15.5 Å². The van der Waals surface area contributed by atoms with Crippen LogP contribution in [0.3, 0.4) is 0 Å². The number of likely N-dealkylation sites (N-methyl/N-ethyl adjacent to an activating group) is 1. The first kappa shape index (κ1) is 19.7. The molecule has 1 fully saturated rings. The highest BCUT2D eigenvalue weighted by Gasteiger charge is 2.52. The van der Waals surface area contributed by atoms with Crippen LogP contribution in [-0.4, -0.2) is 36.9 Å². The number of nitrogens with one attached hydrogen (secondary N) is 1. The van der Waals surface area contributed by atoms with Crippen molar-refractivity contribution in [2.45, 2.75) is 45.1 Å². The number of hydrogen-bond acceptors (Lipinski definition) is 5. The summed E-state index contributed by atoms with van der Waals surface area (Å²) in [6.07, 6.45) is -2.23. The molecule has 0 bridgehead atoms. The van der Waals surface area contributed by atoms with E-state index in [4.69, 9.17) is 15.0 Å². The SMILES string of the molecule is CNCC(=Cc1cc(C(F)(F)F)cnc1N)B1OC(C)(C)C(C)(C)O1. The Morgan fingerprint density at radius 1 is 1.28 bits per heavy atom. The predicted octanol–water partition coefficient (Wildman–Crippen LogP) is 2.92.